The molecule has 0 radical (unpaired) electrons. The van der Waals surface area contributed by atoms with Gasteiger partial charge in [-0.2, -0.15) is 10.1 Å². The lowest BCUT2D eigenvalue weighted by Crippen LogP contribution is -2.15. The molecule has 10 heteroatoms. The topological polar surface area (TPSA) is 113 Å². The molecule has 0 spiro atoms. The van der Waals surface area contributed by atoms with E-state index in [9.17, 15) is 9.59 Å². The molecular weight excluding hydrogens is 429 g/mol. The first-order valence-electron chi connectivity index (χ1n) is 8.85. The number of carbonyl (C=O) groups is 2. The van der Waals surface area contributed by atoms with Crippen LogP contribution in [0.3, 0.4) is 0 Å². The van der Waals surface area contributed by atoms with Crippen molar-refractivity contribution in [1.82, 2.24) is 15.2 Å². The summed E-state index contributed by atoms with van der Waals surface area (Å²) in [6.07, 6.45) is 1.36. The van der Waals surface area contributed by atoms with Gasteiger partial charge in [0.2, 0.25) is 11.9 Å². The minimum Gasteiger partial charge on any atom is -0.459 e. The van der Waals surface area contributed by atoms with E-state index in [-0.39, 0.29) is 33.9 Å². The average Bonchev–Trinajstić information content (AvgIpc) is 3.31. The molecule has 30 heavy (non-hydrogen) atoms. The van der Waals surface area contributed by atoms with Crippen molar-refractivity contribution >= 4 is 57.6 Å². The Morgan fingerprint density at radius 3 is 2.53 bits per heavy atom. The largest absolute Gasteiger partial charge is 0.459 e. The minimum absolute atomic E-state index is 0.0628. The van der Waals surface area contributed by atoms with Gasteiger partial charge < -0.3 is 9.73 Å². The lowest BCUT2D eigenvalue weighted by atomic mass is 10.1. The number of aryl methyl sites for hydroxylation is 1. The molecule has 2 amide bonds. The van der Waals surface area contributed by atoms with Gasteiger partial charge in [-0.25, -0.2) is 5.10 Å². The fourth-order valence-electron chi connectivity index (χ4n) is 3.11. The summed E-state index contributed by atoms with van der Waals surface area (Å²) in [7, 11) is 0. The first-order valence-corrected chi connectivity index (χ1v) is 9.61. The lowest BCUT2D eigenvalue weighted by Gasteiger charge is -2.09. The van der Waals surface area contributed by atoms with E-state index in [4.69, 9.17) is 27.6 Å². The van der Waals surface area contributed by atoms with E-state index in [0.717, 1.165) is 0 Å². The SMILES string of the molecule is Cc1oc2c(NC(=O)c3c(Cl)cccc3Cl)cccc2c1CC(=O)Nc1ncn[nH]1. The van der Waals surface area contributed by atoms with Crippen LogP contribution in [-0.4, -0.2) is 27.0 Å². The van der Waals surface area contributed by atoms with Gasteiger partial charge in [0.05, 0.1) is 27.7 Å². The highest BCUT2D eigenvalue weighted by Crippen LogP contribution is 2.33. The Bertz CT molecular complexity index is 1230. The fourth-order valence-corrected chi connectivity index (χ4v) is 3.68. The van der Waals surface area contributed by atoms with Crippen molar-refractivity contribution in [2.45, 2.75) is 13.3 Å². The summed E-state index contributed by atoms with van der Waals surface area (Å²) in [5, 5.41) is 12.9. The molecule has 0 aliphatic heterocycles. The summed E-state index contributed by atoms with van der Waals surface area (Å²) >= 11 is 12.3. The maximum absolute atomic E-state index is 12.7. The number of para-hydroxylation sites is 1. The number of amides is 2. The summed E-state index contributed by atoms with van der Waals surface area (Å²) < 4.78 is 5.87. The number of nitrogens with zero attached hydrogens (tertiary/aromatic N) is 2. The molecule has 0 saturated heterocycles. The maximum atomic E-state index is 12.7. The summed E-state index contributed by atoms with van der Waals surface area (Å²) in [5.74, 6) is 0.0804. The summed E-state index contributed by atoms with van der Waals surface area (Å²) in [5.41, 5.74) is 1.77. The minimum atomic E-state index is -0.461. The van der Waals surface area contributed by atoms with E-state index in [1.165, 1.54) is 6.33 Å². The van der Waals surface area contributed by atoms with Crippen LogP contribution in [-0.2, 0) is 11.2 Å². The van der Waals surface area contributed by atoms with Crippen LogP contribution in [0.2, 0.25) is 10.0 Å². The van der Waals surface area contributed by atoms with E-state index >= 15 is 0 Å². The molecule has 3 N–H and O–H groups in total. The molecule has 0 bridgehead atoms. The molecule has 4 aromatic rings. The van der Waals surface area contributed by atoms with Gasteiger partial charge in [-0.05, 0) is 25.1 Å². The summed E-state index contributed by atoms with van der Waals surface area (Å²) in [6.45, 7) is 1.76. The molecule has 152 valence electrons. The third-order valence-electron chi connectivity index (χ3n) is 4.47. The number of benzene rings is 2. The number of rotatable bonds is 5. The number of furan rings is 1. The standard InChI is InChI=1S/C20H15Cl2N5O3/c1-10-12(8-16(28)26-20-23-9-24-27-20)11-4-2-7-15(18(11)30-10)25-19(29)17-13(21)5-3-6-14(17)22/h2-7,9H,8H2,1H3,(H,25,29)(H2,23,24,26,27,28). The van der Waals surface area contributed by atoms with Crippen molar-refractivity contribution in [2.75, 3.05) is 10.6 Å². The molecule has 0 fully saturated rings. The van der Waals surface area contributed by atoms with E-state index < -0.39 is 5.91 Å². The Labute approximate surface area is 180 Å². The molecule has 2 aromatic heterocycles. The monoisotopic (exact) mass is 443 g/mol. The predicted octanol–water partition coefficient (Wildman–Crippen LogP) is 4.60. The van der Waals surface area contributed by atoms with Crippen LogP contribution in [0.25, 0.3) is 11.0 Å². The van der Waals surface area contributed by atoms with Gasteiger partial charge in [0.15, 0.2) is 5.58 Å². The number of aromatic amines is 1. The molecule has 2 aromatic carbocycles. The third kappa shape index (κ3) is 3.87. The van der Waals surface area contributed by atoms with Gasteiger partial charge in [-0.3, -0.25) is 14.9 Å². The fraction of sp³-hybridized carbons (Fsp3) is 0.100. The second kappa shape index (κ2) is 8.17. The Balaban J connectivity index is 1.62. The van der Waals surface area contributed by atoms with Crippen LogP contribution in [0.15, 0.2) is 47.1 Å². The van der Waals surface area contributed by atoms with Gasteiger partial charge in [-0.15, -0.1) is 0 Å². The highest BCUT2D eigenvalue weighted by atomic mass is 35.5. The molecule has 8 nitrogen and oxygen atoms in total. The van der Waals surface area contributed by atoms with Gasteiger partial charge in [0.25, 0.3) is 5.91 Å². The Morgan fingerprint density at radius 2 is 1.83 bits per heavy atom. The number of H-pyrrole nitrogens is 1. The van der Waals surface area contributed by atoms with Crippen LogP contribution < -0.4 is 10.6 Å². The van der Waals surface area contributed by atoms with E-state index in [1.54, 1.807) is 37.3 Å². The lowest BCUT2D eigenvalue weighted by molar-refractivity contribution is -0.115. The third-order valence-corrected chi connectivity index (χ3v) is 5.10. The first-order chi connectivity index (χ1) is 14.4. The van der Waals surface area contributed by atoms with E-state index in [1.807, 2.05) is 6.07 Å². The van der Waals surface area contributed by atoms with Crippen molar-refractivity contribution in [3.8, 4) is 0 Å². The average molecular weight is 444 g/mol. The maximum Gasteiger partial charge on any atom is 0.258 e. The van der Waals surface area contributed by atoms with Crippen LogP contribution in [0.4, 0.5) is 11.6 Å². The van der Waals surface area contributed by atoms with Crippen LogP contribution >= 0.6 is 23.2 Å². The number of nitrogens with one attached hydrogen (secondary N) is 3. The molecule has 2 heterocycles. The second-order valence-electron chi connectivity index (χ2n) is 6.43. The Morgan fingerprint density at radius 1 is 1.10 bits per heavy atom. The number of fused-ring (bicyclic) bond motifs is 1. The van der Waals surface area contributed by atoms with E-state index in [2.05, 4.69) is 25.8 Å². The smallest absolute Gasteiger partial charge is 0.258 e. The highest BCUT2D eigenvalue weighted by Gasteiger charge is 2.20. The van der Waals surface area contributed by atoms with Gasteiger partial charge in [-0.1, -0.05) is 41.4 Å². The van der Waals surface area contributed by atoms with Gasteiger partial charge in [0.1, 0.15) is 12.1 Å². The molecular formula is C20H15Cl2N5O3. The first kappa shape index (κ1) is 19.9. The van der Waals surface area contributed by atoms with E-state index in [0.29, 0.717) is 28.0 Å². The van der Waals surface area contributed by atoms with Crippen molar-refractivity contribution in [2.24, 2.45) is 0 Å². The number of hydrogen-bond acceptors (Lipinski definition) is 5. The van der Waals surface area contributed by atoms with Crippen molar-refractivity contribution in [3.63, 3.8) is 0 Å². The number of aromatic nitrogens is 3. The van der Waals surface area contributed by atoms with Crippen LogP contribution in [0.1, 0.15) is 21.7 Å². The zero-order chi connectivity index (χ0) is 21.3. The number of carbonyl (C=O) groups excluding carboxylic acids is 2. The Kier molecular flexibility index (Phi) is 5.43. The second-order valence-corrected chi connectivity index (χ2v) is 7.24. The number of anilines is 2. The molecule has 0 aliphatic rings. The summed E-state index contributed by atoms with van der Waals surface area (Å²) in [4.78, 5) is 29.0. The normalized spacial score (nSPS) is 10.9. The van der Waals surface area contributed by atoms with Crippen molar-refractivity contribution in [3.05, 3.63) is 69.7 Å². The molecule has 0 unspecified atom stereocenters. The zero-order valence-corrected chi connectivity index (χ0v) is 17.1. The molecule has 0 aliphatic carbocycles. The highest BCUT2D eigenvalue weighted by molar-refractivity contribution is 6.40. The number of halogens is 2. The molecule has 4 rings (SSSR count). The van der Waals surface area contributed by atoms with Crippen LogP contribution in [0, 0.1) is 6.92 Å². The predicted molar refractivity (Wildman–Crippen MR) is 114 cm³/mol. The molecule has 0 saturated carbocycles. The van der Waals surface area contributed by atoms with Crippen molar-refractivity contribution < 1.29 is 14.0 Å². The summed E-state index contributed by atoms with van der Waals surface area (Å²) in [6, 6.07) is 10.1. The van der Waals surface area contributed by atoms with Gasteiger partial charge >= 0.3 is 0 Å². The van der Waals surface area contributed by atoms with Crippen LogP contribution in [0.5, 0.6) is 0 Å². The van der Waals surface area contributed by atoms with Gasteiger partial charge in [0, 0.05) is 10.9 Å². The molecule has 0 atom stereocenters. The number of hydrogen-bond donors (Lipinski definition) is 3. The van der Waals surface area contributed by atoms with Crippen molar-refractivity contribution in [1.29, 1.82) is 0 Å². The Hall–Kier alpha value is -3.36. The quantitative estimate of drug-likeness (QED) is 0.417. The zero-order valence-electron chi connectivity index (χ0n) is 15.6.